The van der Waals surface area contributed by atoms with Crippen LogP contribution in [0.1, 0.15) is 26.2 Å². The van der Waals surface area contributed by atoms with E-state index in [0.717, 1.165) is 31.6 Å². The topological polar surface area (TPSA) is 38.7 Å². The van der Waals surface area contributed by atoms with Crippen LogP contribution < -0.4 is 5.32 Å². The molecule has 0 aliphatic carbocycles. The van der Waals surface area contributed by atoms with Gasteiger partial charge in [0.25, 0.3) is 0 Å². The van der Waals surface area contributed by atoms with E-state index in [0.29, 0.717) is 31.9 Å². The van der Waals surface area contributed by atoms with Gasteiger partial charge in [-0.25, -0.2) is 4.39 Å². The van der Waals surface area contributed by atoms with Crippen LogP contribution in [-0.2, 0) is 0 Å². The number of halogens is 1. The fraction of sp³-hybridized carbons (Fsp3) is 0.714. The van der Waals surface area contributed by atoms with Gasteiger partial charge in [-0.05, 0) is 32.3 Å². The smallest absolute Gasteiger partial charge is 0.186 e. The monoisotopic (exact) mass is 267 g/mol. The third kappa shape index (κ3) is 2.43. The van der Waals surface area contributed by atoms with E-state index in [4.69, 9.17) is 0 Å². The number of nitrogens with zero attached hydrogens (tertiary/aromatic N) is 2. The summed E-state index contributed by atoms with van der Waals surface area (Å²) in [6, 6.07) is 0. The minimum absolute atomic E-state index is 0.161. The fourth-order valence-electron chi connectivity index (χ4n) is 3.15. The van der Waals surface area contributed by atoms with Crippen LogP contribution >= 0.6 is 0 Å². The largest absolute Gasteiger partial charge is 0.388 e. The number of allylic oxidation sites excluding steroid dienone is 1. The highest BCUT2D eigenvalue weighted by atomic mass is 19.1. The molecule has 1 unspecified atom stereocenters. The second-order valence-electron chi connectivity index (χ2n) is 6.00. The van der Waals surface area contributed by atoms with E-state index >= 15 is 0 Å². The predicted molar refractivity (Wildman–Crippen MR) is 71.8 cm³/mol. The van der Waals surface area contributed by atoms with Crippen LogP contribution in [0.4, 0.5) is 4.39 Å². The number of rotatable bonds is 2. The lowest BCUT2D eigenvalue weighted by molar-refractivity contribution is 0.0714. The highest BCUT2D eigenvalue weighted by molar-refractivity contribution is 5.33. The van der Waals surface area contributed by atoms with Gasteiger partial charge in [0.2, 0.25) is 0 Å². The van der Waals surface area contributed by atoms with E-state index in [9.17, 15) is 9.50 Å². The standard InChI is InChI=1S/C14H22FN3O/c1-14(19)5-9-18(10-14)13-12(15)11(4-6-16-13)17-7-2-3-8-17/h4,16,19H,2-3,5-10H2,1H3. The molecular formula is C14H22FN3O. The van der Waals surface area contributed by atoms with Gasteiger partial charge in [0.05, 0.1) is 11.3 Å². The summed E-state index contributed by atoms with van der Waals surface area (Å²) >= 11 is 0. The number of nitrogens with one attached hydrogen (secondary N) is 1. The van der Waals surface area contributed by atoms with Gasteiger partial charge in [0.1, 0.15) is 5.82 Å². The Balaban J connectivity index is 1.80. The molecule has 19 heavy (non-hydrogen) atoms. The normalized spacial score (nSPS) is 31.8. The summed E-state index contributed by atoms with van der Waals surface area (Å²) < 4.78 is 14.7. The lowest BCUT2D eigenvalue weighted by Crippen LogP contribution is -2.38. The van der Waals surface area contributed by atoms with Crippen LogP contribution in [0.3, 0.4) is 0 Å². The highest BCUT2D eigenvalue weighted by Gasteiger charge is 2.35. The Morgan fingerprint density at radius 2 is 2.00 bits per heavy atom. The lowest BCUT2D eigenvalue weighted by atomic mass is 10.1. The Labute approximate surface area is 113 Å². The van der Waals surface area contributed by atoms with Gasteiger partial charge in [0.15, 0.2) is 5.83 Å². The molecular weight excluding hydrogens is 245 g/mol. The first-order valence-corrected chi connectivity index (χ1v) is 7.13. The maximum atomic E-state index is 14.7. The van der Waals surface area contributed by atoms with Crippen molar-refractivity contribution in [1.82, 2.24) is 15.1 Å². The van der Waals surface area contributed by atoms with Crippen LogP contribution in [0.2, 0.25) is 0 Å². The zero-order valence-corrected chi connectivity index (χ0v) is 11.5. The second-order valence-corrected chi connectivity index (χ2v) is 6.00. The van der Waals surface area contributed by atoms with Crippen LogP contribution in [0.5, 0.6) is 0 Å². The van der Waals surface area contributed by atoms with Crippen LogP contribution in [0, 0.1) is 0 Å². The molecule has 4 nitrogen and oxygen atoms in total. The summed E-state index contributed by atoms with van der Waals surface area (Å²) in [5.41, 5.74) is 0.0296. The quantitative estimate of drug-likeness (QED) is 0.787. The molecule has 106 valence electrons. The Bertz CT molecular complexity index is 424. The molecule has 2 fully saturated rings. The molecule has 0 aromatic rings. The van der Waals surface area contributed by atoms with Crippen LogP contribution in [-0.4, -0.2) is 53.2 Å². The first-order chi connectivity index (χ1) is 9.07. The van der Waals surface area contributed by atoms with Gasteiger partial charge >= 0.3 is 0 Å². The van der Waals surface area contributed by atoms with Crippen molar-refractivity contribution in [2.75, 3.05) is 32.7 Å². The zero-order chi connectivity index (χ0) is 13.5. The molecule has 0 spiro atoms. The SMILES string of the molecule is CC1(O)CCN(C2=C(F)C(N3CCCC3)=CCN2)C1. The van der Waals surface area contributed by atoms with Crippen molar-refractivity contribution in [3.05, 3.63) is 23.4 Å². The molecule has 0 saturated carbocycles. The van der Waals surface area contributed by atoms with Gasteiger partial charge in [-0.2, -0.15) is 0 Å². The number of β-amino-alcohol motifs (C(OH)–C–C–N with tert-alkyl or cyclic N) is 1. The molecule has 3 heterocycles. The molecule has 0 bridgehead atoms. The van der Waals surface area contributed by atoms with Crippen molar-refractivity contribution in [3.8, 4) is 0 Å². The van der Waals surface area contributed by atoms with Crippen LogP contribution in [0.25, 0.3) is 0 Å². The van der Waals surface area contributed by atoms with Gasteiger partial charge in [-0.3, -0.25) is 0 Å². The van der Waals surface area contributed by atoms with E-state index in [1.54, 1.807) is 0 Å². The molecule has 2 N–H and O–H groups in total. The molecule has 3 rings (SSSR count). The number of likely N-dealkylation sites (tertiary alicyclic amines) is 2. The molecule has 3 aliphatic heterocycles. The Hall–Kier alpha value is -1.23. The average Bonchev–Trinajstić information content (AvgIpc) is 2.99. The molecule has 2 saturated heterocycles. The summed E-state index contributed by atoms with van der Waals surface area (Å²) in [5, 5.41) is 13.1. The van der Waals surface area contributed by atoms with E-state index in [1.165, 1.54) is 0 Å². The minimum Gasteiger partial charge on any atom is -0.388 e. The van der Waals surface area contributed by atoms with E-state index in [2.05, 4.69) is 10.2 Å². The van der Waals surface area contributed by atoms with Gasteiger partial charge in [0, 0.05) is 32.7 Å². The Kier molecular flexibility index (Phi) is 3.17. The number of dihydropyridines is 1. The van der Waals surface area contributed by atoms with Crippen molar-refractivity contribution in [2.24, 2.45) is 0 Å². The molecule has 0 radical (unpaired) electrons. The average molecular weight is 267 g/mol. The molecule has 1 atom stereocenters. The molecule has 3 aliphatic rings. The van der Waals surface area contributed by atoms with Gasteiger partial charge < -0.3 is 20.2 Å². The van der Waals surface area contributed by atoms with E-state index < -0.39 is 5.60 Å². The summed E-state index contributed by atoms with van der Waals surface area (Å²) in [4.78, 5) is 4.06. The third-order valence-corrected chi connectivity index (χ3v) is 4.21. The van der Waals surface area contributed by atoms with Crippen molar-refractivity contribution >= 4 is 0 Å². The fourth-order valence-corrected chi connectivity index (χ4v) is 3.15. The van der Waals surface area contributed by atoms with Gasteiger partial charge in [-0.1, -0.05) is 0 Å². The van der Waals surface area contributed by atoms with Gasteiger partial charge in [-0.15, -0.1) is 0 Å². The first-order valence-electron chi connectivity index (χ1n) is 7.13. The van der Waals surface area contributed by atoms with Crippen molar-refractivity contribution in [3.63, 3.8) is 0 Å². The Morgan fingerprint density at radius 1 is 1.26 bits per heavy atom. The van der Waals surface area contributed by atoms with Crippen molar-refractivity contribution < 1.29 is 9.50 Å². The second kappa shape index (κ2) is 4.71. The maximum absolute atomic E-state index is 14.7. The predicted octanol–water partition coefficient (Wildman–Crippen LogP) is 1.16. The molecule has 0 aromatic heterocycles. The number of aliphatic hydroxyl groups is 1. The highest BCUT2D eigenvalue weighted by Crippen LogP contribution is 2.30. The van der Waals surface area contributed by atoms with E-state index in [1.807, 2.05) is 17.9 Å². The Morgan fingerprint density at radius 3 is 2.63 bits per heavy atom. The summed E-state index contributed by atoms with van der Waals surface area (Å²) in [7, 11) is 0. The van der Waals surface area contributed by atoms with Crippen LogP contribution in [0.15, 0.2) is 23.4 Å². The summed E-state index contributed by atoms with van der Waals surface area (Å²) in [5.74, 6) is 0.396. The summed E-state index contributed by atoms with van der Waals surface area (Å²) in [6.07, 6.45) is 4.91. The molecule has 0 amide bonds. The minimum atomic E-state index is -0.704. The maximum Gasteiger partial charge on any atom is 0.186 e. The zero-order valence-electron chi connectivity index (χ0n) is 11.5. The van der Waals surface area contributed by atoms with Crippen molar-refractivity contribution in [1.29, 1.82) is 0 Å². The molecule has 0 aromatic carbocycles. The first kappa shape index (κ1) is 12.8. The van der Waals surface area contributed by atoms with Crippen molar-refractivity contribution in [2.45, 2.75) is 31.8 Å². The third-order valence-electron chi connectivity index (χ3n) is 4.21. The summed E-state index contributed by atoms with van der Waals surface area (Å²) in [6.45, 7) is 5.57. The molecule has 5 heteroatoms. The number of hydrogen-bond acceptors (Lipinski definition) is 4. The van der Waals surface area contributed by atoms with E-state index in [-0.39, 0.29) is 5.83 Å². The lowest BCUT2D eigenvalue weighted by Gasteiger charge is -2.31. The number of hydrogen-bond donors (Lipinski definition) is 2.